The van der Waals surface area contributed by atoms with Crippen LogP contribution in [0, 0.1) is 0 Å². The number of carbonyl (C=O) groups excluding carboxylic acids is 1. The molecule has 0 spiro atoms. The Morgan fingerprint density at radius 3 is 2.65 bits per heavy atom. The van der Waals surface area contributed by atoms with E-state index in [-0.39, 0.29) is 11.9 Å². The van der Waals surface area contributed by atoms with Crippen LogP contribution in [0.25, 0.3) is 21.9 Å². The van der Waals surface area contributed by atoms with Crippen molar-refractivity contribution >= 4 is 33.7 Å². The minimum Gasteiger partial charge on any atom is -0.382 e. The van der Waals surface area contributed by atoms with E-state index < -0.39 is 0 Å². The van der Waals surface area contributed by atoms with Crippen LogP contribution in [-0.2, 0) is 9.53 Å². The molecule has 0 radical (unpaired) electrons. The number of benzene rings is 1. The first-order valence-corrected chi connectivity index (χ1v) is 13.0. The van der Waals surface area contributed by atoms with Gasteiger partial charge in [0.05, 0.1) is 30.0 Å². The van der Waals surface area contributed by atoms with E-state index in [0.717, 1.165) is 47.6 Å². The fourth-order valence-electron chi connectivity index (χ4n) is 4.50. The van der Waals surface area contributed by atoms with Gasteiger partial charge < -0.3 is 20.4 Å². The summed E-state index contributed by atoms with van der Waals surface area (Å²) >= 11 is 0. The van der Waals surface area contributed by atoms with E-state index in [1.807, 2.05) is 31.5 Å². The molecule has 0 aliphatic carbocycles. The average Bonchev–Trinajstić information content (AvgIpc) is 3.29. The summed E-state index contributed by atoms with van der Waals surface area (Å²) < 4.78 is 7.98. The number of nitrogens with two attached hydrogens (primary N) is 1. The van der Waals surface area contributed by atoms with E-state index in [2.05, 4.69) is 32.8 Å². The van der Waals surface area contributed by atoms with E-state index in [1.54, 1.807) is 0 Å². The first-order valence-electron chi connectivity index (χ1n) is 13.0. The van der Waals surface area contributed by atoms with Gasteiger partial charge in [-0.1, -0.05) is 63.6 Å². The highest BCUT2D eigenvalue weighted by molar-refractivity contribution is 6.06. The summed E-state index contributed by atoms with van der Waals surface area (Å²) in [5.74, 6) is 0.605. The molecule has 0 fully saturated rings. The van der Waals surface area contributed by atoms with E-state index in [1.165, 1.54) is 32.1 Å². The number of pyridine rings is 1. The highest BCUT2D eigenvalue weighted by Gasteiger charge is 2.18. The minimum atomic E-state index is 0.107. The zero-order valence-electron chi connectivity index (χ0n) is 20.9. The number of hydrogen-bond donors (Lipinski definition) is 2. The Balaban J connectivity index is 1.54. The molecule has 2 heterocycles. The van der Waals surface area contributed by atoms with Gasteiger partial charge in [-0.15, -0.1) is 0 Å². The molecule has 1 aromatic carbocycles. The van der Waals surface area contributed by atoms with Gasteiger partial charge in [-0.3, -0.25) is 4.79 Å². The molecule has 0 aliphatic heterocycles. The van der Waals surface area contributed by atoms with Gasteiger partial charge in [0.2, 0.25) is 5.91 Å². The van der Waals surface area contributed by atoms with E-state index in [4.69, 9.17) is 10.5 Å². The van der Waals surface area contributed by atoms with Gasteiger partial charge in [0.1, 0.15) is 5.52 Å². The molecule has 3 N–H and O–H groups in total. The molecule has 1 amide bonds. The van der Waals surface area contributed by atoms with Crippen LogP contribution in [0.2, 0.25) is 0 Å². The maximum absolute atomic E-state index is 12.2. The molecule has 0 saturated carbocycles. The van der Waals surface area contributed by atoms with Crippen molar-refractivity contribution in [2.45, 2.75) is 84.1 Å². The molecule has 7 nitrogen and oxygen atoms in total. The van der Waals surface area contributed by atoms with Crippen molar-refractivity contribution in [1.29, 1.82) is 0 Å². The number of fused-ring (bicyclic) bond motifs is 3. The van der Waals surface area contributed by atoms with E-state index in [9.17, 15) is 4.79 Å². The number of unbranched alkanes of at least 4 members (excludes halogenated alkanes) is 6. The Hall–Kier alpha value is -2.67. The summed E-state index contributed by atoms with van der Waals surface area (Å²) in [7, 11) is 0. The summed E-state index contributed by atoms with van der Waals surface area (Å²) in [4.78, 5) is 21.3. The van der Waals surface area contributed by atoms with Crippen LogP contribution in [0.5, 0.6) is 0 Å². The number of rotatable bonds is 16. The van der Waals surface area contributed by atoms with Crippen LogP contribution < -0.4 is 11.1 Å². The molecule has 1 atom stereocenters. The first kappa shape index (κ1) is 25.9. The predicted octanol–water partition coefficient (Wildman–Crippen LogP) is 5.78. The molecule has 34 heavy (non-hydrogen) atoms. The van der Waals surface area contributed by atoms with Crippen molar-refractivity contribution in [2.75, 3.05) is 25.5 Å². The number of carbonyl (C=O) groups is 1. The number of imidazole rings is 1. The van der Waals surface area contributed by atoms with Gasteiger partial charge in [-0.25, -0.2) is 9.97 Å². The largest absolute Gasteiger partial charge is 0.382 e. The topological polar surface area (TPSA) is 95.1 Å². The number of para-hydroxylation sites is 1. The maximum atomic E-state index is 12.2. The lowest BCUT2D eigenvalue weighted by Crippen LogP contribution is -2.25. The quantitative estimate of drug-likeness (QED) is 0.260. The molecular formula is C27H41N5O2. The molecule has 3 rings (SSSR count). The standard InChI is InChI=1S/C27H41N5O2/c1-3-5-6-7-8-9-10-17-24(33)29-18-13-14-21(19-34-4-2)32-20-30-25-26(32)22-15-11-12-16-23(22)31-27(25)28/h11-12,15-16,20-21H,3-10,13-14,17-19H2,1-2H3,(H2,28,31)(H,29,33)/t21-/m0/s1. The highest BCUT2D eigenvalue weighted by Crippen LogP contribution is 2.30. The van der Waals surface area contributed by atoms with Gasteiger partial charge in [-0.05, 0) is 32.3 Å². The Bertz CT molecular complexity index is 1030. The van der Waals surface area contributed by atoms with Crippen molar-refractivity contribution in [3.05, 3.63) is 30.6 Å². The summed E-state index contributed by atoms with van der Waals surface area (Å²) in [6.07, 6.45) is 12.8. The van der Waals surface area contributed by atoms with Gasteiger partial charge in [0.25, 0.3) is 0 Å². The van der Waals surface area contributed by atoms with Gasteiger partial charge >= 0.3 is 0 Å². The number of nitrogen functional groups attached to an aromatic ring is 1. The molecule has 0 saturated heterocycles. The third-order valence-corrected chi connectivity index (χ3v) is 6.39. The van der Waals surface area contributed by atoms with Crippen molar-refractivity contribution in [1.82, 2.24) is 19.9 Å². The van der Waals surface area contributed by atoms with E-state index in [0.29, 0.717) is 32.0 Å². The molecule has 0 aliphatic rings. The molecule has 2 aromatic heterocycles. The van der Waals surface area contributed by atoms with Crippen molar-refractivity contribution in [3.63, 3.8) is 0 Å². The summed E-state index contributed by atoms with van der Waals surface area (Å²) in [6.45, 7) is 6.16. The number of ether oxygens (including phenoxy) is 1. The van der Waals surface area contributed by atoms with Crippen LogP contribution in [0.4, 0.5) is 5.82 Å². The monoisotopic (exact) mass is 467 g/mol. The number of nitrogens with one attached hydrogen (secondary N) is 1. The second-order valence-electron chi connectivity index (χ2n) is 9.04. The maximum Gasteiger partial charge on any atom is 0.219 e. The van der Waals surface area contributed by atoms with Gasteiger partial charge in [0, 0.05) is 25.0 Å². The lowest BCUT2D eigenvalue weighted by molar-refractivity contribution is -0.121. The van der Waals surface area contributed by atoms with Gasteiger partial charge in [0.15, 0.2) is 5.82 Å². The summed E-state index contributed by atoms with van der Waals surface area (Å²) in [6, 6.07) is 8.11. The predicted molar refractivity (Wildman–Crippen MR) is 140 cm³/mol. The van der Waals surface area contributed by atoms with Crippen LogP contribution in [0.3, 0.4) is 0 Å². The molecule has 3 aromatic rings. The Labute approximate surface area is 203 Å². The number of aromatic nitrogens is 3. The lowest BCUT2D eigenvalue weighted by Gasteiger charge is -2.20. The normalized spacial score (nSPS) is 12.4. The van der Waals surface area contributed by atoms with Crippen LogP contribution in [0.15, 0.2) is 30.6 Å². The second-order valence-corrected chi connectivity index (χ2v) is 9.04. The Kier molecular flexibility index (Phi) is 10.6. The molecule has 186 valence electrons. The van der Waals surface area contributed by atoms with Crippen molar-refractivity contribution in [3.8, 4) is 0 Å². The fraction of sp³-hybridized carbons (Fsp3) is 0.593. The number of amides is 1. The highest BCUT2D eigenvalue weighted by atomic mass is 16.5. The number of nitrogens with zero attached hydrogens (tertiary/aromatic N) is 3. The smallest absolute Gasteiger partial charge is 0.219 e. The van der Waals surface area contributed by atoms with Crippen molar-refractivity contribution < 1.29 is 9.53 Å². The third kappa shape index (κ3) is 7.16. The van der Waals surface area contributed by atoms with E-state index >= 15 is 0 Å². The zero-order chi connectivity index (χ0) is 24.2. The third-order valence-electron chi connectivity index (χ3n) is 6.39. The first-order chi connectivity index (χ1) is 16.7. The Morgan fingerprint density at radius 1 is 1.09 bits per heavy atom. The van der Waals surface area contributed by atoms with Crippen LogP contribution in [0.1, 0.15) is 84.1 Å². The lowest BCUT2D eigenvalue weighted by atomic mass is 10.1. The zero-order valence-corrected chi connectivity index (χ0v) is 20.9. The average molecular weight is 468 g/mol. The molecule has 7 heteroatoms. The number of anilines is 1. The second kappa shape index (κ2) is 13.9. The molecular weight excluding hydrogens is 426 g/mol. The molecule has 0 bridgehead atoms. The summed E-state index contributed by atoms with van der Waals surface area (Å²) in [5, 5.41) is 4.13. The number of hydrogen-bond acceptors (Lipinski definition) is 5. The van der Waals surface area contributed by atoms with Crippen LogP contribution in [-0.4, -0.2) is 40.2 Å². The van der Waals surface area contributed by atoms with Crippen molar-refractivity contribution in [2.24, 2.45) is 0 Å². The van der Waals surface area contributed by atoms with Crippen LogP contribution >= 0.6 is 0 Å². The molecule has 0 unspecified atom stereocenters. The van der Waals surface area contributed by atoms with Gasteiger partial charge in [-0.2, -0.15) is 0 Å². The summed E-state index contributed by atoms with van der Waals surface area (Å²) in [5.41, 5.74) is 8.79. The minimum absolute atomic E-state index is 0.107. The SMILES string of the molecule is CCCCCCCCCC(=O)NCCC[C@@H](COCC)n1cnc2c(N)nc3ccccc3c21. The Morgan fingerprint density at radius 2 is 1.85 bits per heavy atom. The fourth-order valence-corrected chi connectivity index (χ4v) is 4.50.